The Kier molecular flexibility index (Phi) is 6.16. The van der Waals surface area contributed by atoms with E-state index in [1.807, 2.05) is 24.3 Å². The minimum Gasteiger partial charge on any atom is -0.346 e. The van der Waals surface area contributed by atoms with Crippen LogP contribution in [0.25, 0.3) is 0 Å². The number of hydrogen-bond acceptors (Lipinski definition) is 3. The SMILES string of the molecule is CCN1CCC[C@H]1CNC(=O)C(=O)Nc1ccc(C(C)C)cc1. The van der Waals surface area contributed by atoms with Crippen LogP contribution in [-0.4, -0.2) is 42.4 Å². The molecule has 2 N–H and O–H groups in total. The number of likely N-dealkylation sites (tertiary alicyclic amines) is 1. The van der Waals surface area contributed by atoms with Gasteiger partial charge in [-0.2, -0.15) is 0 Å². The first-order valence-corrected chi connectivity index (χ1v) is 8.44. The van der Waals surface area contributed by atoms with Crippen LogP contribution in [0.5, 0.6) is 0 Å². The molecule has 126 valence electrons. The molecule has 1 saturated heterocycles. The molecule has 1 aromatic rings. The van der Waals surface area contributed by atoms with Crippen LogP contribution in [-0.2, 0) is 9.59 Å². The van der Waals surface area contributed by atoms with Gasteiger partial charge >= 0.3 is 11.8 Å². The summed E-state index contributed by atoms with van der Waals surface area (Å²) in [6.07, 6.45) is 2.23. The van der Waals surface area contributed by atoms with Gasteiger partial charge in [-0.3, -0.25) is 14.5 Å². The van der Waals surface area contributed by atoms with Gasteiger partial charge in [0, 0.05) is 18.3 Å². The van der Waals surface area contributed by atoms with E-state index in [2.05, 4.69) is 36.3 Å². The standard InChI is InChI=1S/C18H27N3O2/c1-4-21-11-5-6-16(21)12-19-17(22)18(23)20-15-9-7-14(8-10-15)13(2)3/h7-10,13,16H,4-6,11-12H2,1-3H3,(H,19,22)(H,20,23)/t16-/m0/s1. The number of rotatable bonds is 5. The van der Waals surface area contributed by atoms with E-state index in [9.17, 15) is 9.59 Å². The highest BCUT2D eigenvalue weighted by molar-refractivity contribution is 6.39. The molecular formula is C18H27N3O2. The number of likely N-dealkylation sites (N-methyl/N-ethyl adjacent to an activating group) is 1. The summed E-state index contributed by atoms with van der Waals surface area (Å²) in [5.41, 5.74) is 1.85. The minimum atomic E-state index is -0.608. The first-order valence-electron chi connectivity index (χ1n) is 8.44. The Labute approximate surface area is 138 Å². The van der Waals surface area contributed by atoms with Crippen molar-refractivity contribution in [2.24, 2.45) is 0 Å². The number of benzene rings is 1. The maximum atomic E-state index is 12.0. The third-order valence-electron chi connectivity index (χ3n) is 4.44. The van der Waals surface area contributed by atoms with Crippen molar-refractivity contribution in [2.75, 3.05) is 25.0 Å². The van der Waals surface area contributed by atoms with E-state index in [-0.39, 0.29) is 0 Å². The zero-order valence-corrected chi connectivity index (χ0v) is 14.3. The Balaban J connectivity index is 1.81. The maximum absolute atomic E-state index is 12.0. The molecule has 0 bridgehead atoms. The molecule has 23 heavy (non-hydrogen) atoms. The molecular weight excluding hydrogens is 290 g/mol. The van der Waals surface area contributed by atoms with Crippen LogP contribution >= 0.6 is 0 Å². The van der Waals surface area contributed by atoms with E-state index >= 15 is 0 Å². The van der Waals surface area contributed by atoms with Gasteiger partial charge in [0.05, 0.1) is 0 Å². The van der Waals surface area contributed by atoms with Gasteiger partial charge in [0.25, 0.3) is 0 Å². The quantitative estimate of drug-likeness (QED) is 0.820. The zero-order valence-electron chi connectivity index (χ0n) is 14.3. The molecule has 0 unspecified atom stereocenters. The van der Waals surface area contributed by atoms with Gasteiger partial charge < -0.3 is 10.6 Å². The van der Waals surface area contributed by atoms with Gasteiger partial charge in [-0.05, 0) is 49.5 Å². The fraction of sp³-hybridized carbons (Fsp3) is 0.556. The number of amides is 2. The molecule has 1 aliphatic rings. The third-order valence-corrected chi connectivity index (χ3v) is 4.44. The Bertz CT molecular complexity index is 540. The van der Waals surface area contributed by atoms with Crippen LogP contribution in [0.3, 0.4) is 0 Å². The summed E-state index contributed by atoms with van der Waals surface area (Å²) < 4.78 is 0. The van der Waals surface area contributed by atoms with Crippen LogP contribution in [0.4, 0.5) is 5.69 Å². The molecule has 2 rings (SSSR count). The largest absolute Gasteiger partial charge is 0.346 e. The van der Waals surface area contributed by atoms with E-state index in [1.54, 1.807) is 0 Å². The lowest BCUT2D eigenvalue weighted by molar-refractivity contribution is -0.136. The predicted octanol–water partition coefficient (Wildman–Crippen LogP) is 2.35. The van der Waals surface area contributed by atoms with E-state index in [0.717, 1.165) is 25.9 Å². The van der Waals surface area contributed by atoms with Crippen LogP contribution in [0, 0.1) is 0 Å². The predicted molar refractivity (Wildman–Crippen MR) is 92.4 cm³/mol. The summed E-state index contributed by atoms with van der Waals surface area (Å²) in [6, 6.07) is 7.94. The molecule has 1 aromatic carbocycles. The Morgan fingerprint density at radius 3 is 2.52 bits per heavy atom. The fourth-order valence-corrected chi connectivity index (χ4v) is 2.97. The first kappa shape index (κ1) is 17.5. The summed E-state index contributed by atoms with van der Waals surface area (Å²) in [7, 11) is 0. The van der Waals surface area contributed by atoms with Gasteiger partial charge in [-0.25, -0.2) is 0 Å². The van der Waals surface area contributed by atoms with Crippen molar-refractivity contribution in [3.8, 4) is 0 Å². The normalized spacial score (nSPS) is 18.2. The second kappa shape index (κ2) is 8.11. The fourth-order valence-electron chi connectivity index (χ4n) is 2.97. The summed E-state index contributed by atoms with van der Waals surface area (Å²) in [5, 5.41) is 5.39. The number of nitrogens with zero attached hydrogens (tertiary/aromatic N) is 1. The summed E-state index contributed by atoms with van der Waals surface area (Å²) in [5.74, 6) is -0.736. The second-order valence-electron chi connectivity index (χ2n) is 6.37. The van der Waals surface area contributed by atoms with E-state index in [1.165, 1.54) is 5.56 Å². The summed E-state index contributed by atoms with van der Waals surface area (Å²) >= 11 is 0. The number of carbonyl (C=O) groups is 2. The second-order valence-corrected chi connectivity index (χ2v) is 6.37. The van der Waals surface area contributed by atoms with Crippen LogP contribution in [0.15, 0.2) is 24.3 Å². The topological polar surface area (TPSA) is 61.4 Å². The highest BCUT2D eigenvalue weighted by Gasteiger charge is 2.24. The van der Waals surface area contributed by atoms with Crippen LogP contribution in [0.1, 0.15) is 45.1 Å². The third kappa shape index (κ3) is 4.79. The van der Waals surface area contributed by atoms with Gasteiger partial charge in [-0.1, -0.05) is 32.9 Å². The number of carbonyl (C=O) groups excluding carboxylic acids is 2. The molecule has 0 radical (unpaired) electrons. The molecule has 1 atom stereocenters. The molecule has 0 aromatic heterocycles. The highest BCUT2D eigenvalue weighted by atomic mass is 16.2. The maximum Gasteiger partial charge on any atom is 0.313 e. The molecule has 1 aliphatic heterocycles. The van der Waals surface area contributed by atoms with Gasteiger partial charge in [0.1, 0.15) is 0 Å². The number of anilines is 1. The molecule has 5 heteroatoms. The lowest BCUT2D eigenvalue weighted by Gasteiger charge is -2.22. The molecule has 5 nitrogen and oxygen atoms in total. The van der Waals surface area contributed by atoms with Crippen molar-refractivity contribution < 1.29 is 9.59 Å². The van der Waals surface area contributed by atoms with Gasteiger partial charge in [0.2, 0.25) is 0 Å². The van der Waals surface area contributed by atoms with Crippen molar-refractivity contribution in [3.05, 3.63) is 29.8 Å². The van der Waals surface area contributed by atoms with Gasteiger partial charge in [0.15, 0.2) is 0 Å². The monoisotopic (exact) mass is 317 g/mol. The van der Waals surface area contributed by atoms with Crippen LogP contribution in [0.2, 0.25) is 0 Å². The molecule has 0 spiro atoms. The summed E-state index contributed by atoms with van der Waals surface area (Å²) in [4.78, 5) is 26.2. The van der Waals surface area contributed by atoms with Crippen molar-refractivity contribution in [1.29, 1.82) is 0 Å². The molecule has 1 fully saturated rings. The van der Waals surface area contributed by atoms with E-state index < -0.39 is 11.8 Å². The van der Waals surface area contributed by atoms with Crippen molar-refractivity contribution in [1.82, 2.24) is 10.2 Å². The Morgan fingerprint density at radius 2 is 1.91 bits per heavy atom. The van der Waals surface area contributed by atoms with Crippen molar-refractivity contribution in [2.45, 2.75) is 45.6 Å². The van der Waals surface area contributed by atoms with Crippen molar-refractivity contribution >= 4 is 17.5 Å². The van der Waals surface area contributed by atoms with Gasteiger partial charge in [-0.15, -0.1) is 0 Å². The van der Waals surface area contributed by atoms with Crippen molar-refractivity contribution in [3.63, 3.8) is 0 Å². The lowest BCUT2D eigenvalue weighted by Crippen LogP contribution is -2.43. The molecule has 0 aliphatic carbocycles. The number of hydrogen-bond donors (Lipinski definition) is 2. The first-order chi connectivity index (χ1) is 11.0. The molecule has 0 saturated carbocycles. The average molecular weight is 317 g/mol. The number of nitrogens with one attached hydrogen (secondary N) is 2. The van der Waals surface area contributed by atoms with E-state index in [0.29, 0.717) is 24.2 Å². The average Bonchev–Trinajstić information content (AvgIpc) is 3.00. The highest BCUT2D eigenvalue weighted by Crippen LogP contribution is 2.17. The smallest absolute Gasteiger partial charge is 0.313 e. The summed E-state index contributed by atoms with van der Waals surface area (Å²) in [6.45, 7) is 8.94. The molecule has 2 amide bonds. The Morgan fingerprint density at radius 1 is 1.22 bits per heavy atom. The van der Waals surface area contributed by atoms with E-state index in [4.69, 9.17) is 0 Å². The minimum absolute atomic E-state index is 0.349. The van der Waals surface area contributed by atoms with Crippen LogP contribution < -0.4 is 10.6 Å². The molecule has 1 heterocycles. The Hall–Kier alpha value is -1.88. The zero-order chi connectivity index (χ0) is 16.8. The lowest BCUT2D eigenvalue weighted by atomic mass is 10.0.